The molecule has 0 aliphatic heterocycles. The second-order valence-electron chi connectivity index (χ2n) is 9.04. The molecule has 1 saturated carbocycles. The number of benzene rings is 2. The van der Waals surface area contributed by atoms with Crippen molar-refractivity contribution in [3.8, 4) is 11.8 Å². The maximum absolute atomic E-state index is 15.2. The van der Waals surface area contributed by atoms with Crippen LogP contribution in [0.3, 0.4) is 0 Å². The zero-order valence-electron chi connectivity index (χ0n) is 21.1. The molecule has 2 aromatic carbocycles. The maximum Gasteiger partial charge on any atom is 0.343 e. The lowest BCUT2D eigenvalue weighted by atomic mass is 9.99. The van der Waals surface area contributed by atoms with Crippen LogP contribution in [0.15, 0.2) is 54.7 Å². The summed E-state index contributed by atoms with van der Waals surface area (Å²) < 4.78 is 20.9. The van der Waals surface area contributed by atoms with Crippen molar-refractivity contribution in [2.45, 2.75) is 31.7 Å². The highest BCUT2D eigenvalue weighted by Gasteiger charge is 2.44. The first-order valence-corrected chi connectivity index (χ1v) is 12.0. The summed E-state index contributed by atoms with van der Waals surface area (Å²) in [5.41, 5.74) is 1.56. The molecule has 4 rings (SSSR count). The summed E-state index contributed by atoms with van der Waals surface area (Å²) in [6.07, 6.45) is 1.85. The van der Waals surface area contributed by atoms with Crippen LogP contribution in [-0.2, 0) is 0 Å². The Bertz CT molecular complexity index is 1430. The van der Waals surface area contributed by atoms with Gasteiger partial charge in [0.25, 0.3) is 0 Å². The van der Waals surface area contributed by atoms with Gasteiger partial charge in [0.15, 0.2) is 5.78 Å². The van der Waals surface area contributed by atoms with Gasteiger partial charge in [0.05, 0.1) is 16.7 Å². The van der Waals surface area contributed by atoms with E-state index >= 15 is 4.39 Å². The molecule has 0 radical (unpaired) electrons. The van der Waals surface area contributed by atoms with Gasteiger partial charge in [-0.3, -0.25) is 10.1 Å². The molecule has 194 valence electrons. The number of pyridine rings is 1. The number of anilines is 2. The fraction of sp³-hybridized carbons (Fsp3) is 0.250. The van der Waals surface area contributed by atoms with Crippen LogP contribution in [0.2, 0.25) is 0 Å². The fourth-order valence-electron chi connectivity index (χ4n) is 4.03. The molecule has 2 atom stereocenters. The van der Waals surface area contributed by atoms with Crippen LogP contribution in [0.5, 0.6) is 5.75 Å². The van der Waals surface area contributed by atoms with Gasteiger partial charge in [-0.2, -0.15) is 5.26 Å². The van der Waals surface area contributed by atoms with Crippen LogP contribution >= 0.6 is 0 Å². The summed E-state index contributed by atoms with van der Waals surface area (Å²) in [5.74, 6) is -2.04. The van der Waals surface area contributed by atoms with Gasteiger partial charge in [-0.25, -0.2) is 19.0 Å². The monoisotopic (exact) mass is 515 g/mol. The Morgan fingerprint density at radius 1 is 1.18 bits per heavy atom. The van der Waals surface area contributed by atoms with Crippen molar-refractivity contribution >= 4 is 29.3 Å². The molecule has 0 saturated heterocycles. The molecule has 3 aromatic rings. The number of nitriles is 1. The number of carbonyl (C=O) groups excluding carboxylic acids is 3. The Morgan fingerprint density at radius 3 is 2.63 bits per heavy atom. The Hall–Kier alpha value is -4.78. The highest BCUT2D eigenvalue weighted by molar-refractivity contribution is 6.01. The third kappa shape index (κ3) is 5.78. The minimum atomic E-state index is -0.722. The second-order valence-corrected chi connectivity index (χ2v) is 9.04. The second kappa shape index (κ2) is 11.1. The lowest BCUT2D eigenvalue weighted by molar-refractivity contribution is 0.0730. The summed E-state index contributed by atoms with van der Waals surface area (Å²) >= 11 is 0. The summed E-state index contributed by atoms with van der Waals surface area (Å²) in [5, 5.41) is 14.2. The van der Waals surface area contributed by atoms with Gasteiger partial charge in [-0.1, -0.05) is 13.0 Å². The molecule has 0 spiro atoms. The SMILES string of the molecule is CCC(=O)c1ccc(F)c([C@@H]2CC2NC(=O)Nc2ccc(C#N)cn2)c1OC(=O)c1cccc(N(C)C)c1. The Morgan fingerprint density at radius 2 is 1.97 bits per heavy atom. The number of esters is 1. The first kappa shape index (κ1) is 26.3. The van der Waals surface area contributed by atoms with E-state index in [1.54, 1.807) is 25.1 Å². The van der Waals surface area contributed by atoms with E-state index in [1.807, 2.05) is 31.1 Å². The predicted molar refractivity (Wildman–Crippen MR) is 139 cm³/mol. The number of Topliss-reactive ketones (excluding diaryl/α,β-unsaturated/α-hetero) is 1. The average Bonchev–Trinajstić information content (AvgIpc) is 3.66. The largest absolute Gasteiger partial charge is 0.422 e. The summed E-state index contributed by atoms with van der Waals surface area (Å²) in [6, 6.07) is 13.2. The summed E-state index contributed by atoms with van der Waals surface area (Å²) in [7, 11) is 3.67. The number of nitrogens with zero attached hydrogens (tertiary/aromatic N) is 3. The molecule has 1 aliphatic carbocycles. The van der Waals surface area contributed by atoms with Gasteiger partial charge in [0, 0.05) is 49.9 Å². The maximum atomic E-state index is 15.2. The van der Waals surface area contributed by atoms with Gasteiger partial charge in [-0.15, -0.1) is 0 Å². The topological polar surface area (TPSA) is 124 Å². The van der Waals surface area contributed by atoms with Crippen molar-refractivity contribution in [1.29, 1.82) is 5.26 Å². The van der Waals surface area contributed by atoms with Crippen molar-refractivity contribution in [2.75, 3.05) is 24.3 Å². The van der Waals surface area contributed by atoms with Gasteiger partial charge in [0.1, 0.15) is 23.5 Å². The third-order valence-corrected chi connectivity index (χ3v) is 6.17. The van der Waals surface area contributed by atoms with Crippen LogP contribution in [-0.4, -0.2) is 42.9 Å². The Labute approximate surface area is 219 Å². The number of aromatic nitrogens is 1. The zero-order valence-corrected chi connectivity index (χ0v) is 21.1. The molecule has 1 unspecified atom stereocenters. The molecule has 0 bridgehead atoms. The molecule has 2 N–H and O–H groups in total. The van der Waals surface area contributed by atoms with E-state index in [-0.39, 0.29) is 40.5 Å². The lowest BCUT2D eigenvalue weighted by Crippen LogP contribution is -2.31. The lowest BCUT2D eigenvalue weighted by Gasteiger charge is -2.17. The van der Waals surface area contributed by atoms with E-state index in [0.717, 1.165) is 5.69 Å². The first-order valence-electron chi connectivity index (χ1n) is 12.0. The number of rotatable bonds is 8. The minimum absolute atomic E-state index is 0.0724. The third-order valence-electron chi connectivity index (χ3n) is 6.17. The van der Waals surface area contributed by atoms with Crippen molar-refractivity contribution in [1.82, 2.24) is 10.3 Å². The molecule has 1 heterocycles. The number of ketones is 1. The number of hydrogen-bond donors (Lipinski definition) is 2. The molecular formula is C28H26FN5O4. The first-order chi connectivity index (χ1) is 18.2. The molecule has 10 heteroatoms. The predicted octanol–water partition coefficient (Wildman–Crippen LogP) is 4.65. The van der Waals surface area contributed by atoms with Crippen molar-refractivity contribution in [3.63, 3.8) is 0 Å². The van der Waals surface area contributed by atoms with E-state index in [9.17, 15) is 14.4 Å². The molecule has 1 aliphatic rings. The van der Waals surface area contributed by atoms with Gasteiger partial charge in [0.2, 0.25) is 0 Å². The quantitative estimate of drug-likeness (QED) is 0.254. The van der Waals surface area contributed by atoms with E-state index in [2.05, 4.69) is 15.6 Å². The highest BCUT2D eigenvalue weighted by Crippen LogP contribution is 2.47. The average molecular weight is 516 g/mol. The number of carbonyl (C=O) groups is 3. The fourth-order valence-corrected chi connectivity index (χ4v) is 4.03. The van der Waals surface area contributed by atoms with Crippen LogP contribution < -0.4 is 20.3 Å². The number of ether oxygens (including phenoxy) is 1. The molecule has 1 aromatic heterocycles. The number of halogens is 1. The number of urea groups is 1. The Balaban J connectivity index is 1.57. The van der Waals surface area contributed by atoms with Gasteiger partial charge >= 0.3 is 12.0 Å². The molecule has 1 fully saturated rings. The Kier molecular flexibility index (Phi) is 7.67. The van der Waals surface area contributed by atoms with Crippen molar-refractivity contribution in [3.05, 3.63) is 82.8 Å². The molecular weight excluding hydrogens is 489 g/mol. The van der Waals surface area contributed by atoms with Crippen LogP contribution in [0.1, 0.15) is 57.5 Å². The molecule has 9 nitrogen and oxygen atoms in total. The van der Waals surface area contributed by atoms with Gasteiger partial charge in [-0.05, 0) is 48.9 Å². The standard InChI is InChI=1S/C28H26FN5O4/c1-4-23(35)19-9-10-21(29)25(26(19)38-27(36)17-6-5-7-18(12-17)34(2)3)20-13-22(20)32-28(37)33-24-11-8-16(14-30)15-31-24/h5-12,15,20,22H,4,13H2,1-3H3,(H2,31,32,33,37)/t20-,22?/m1/s1. The summed E-state index contributed by atoms with van der Waals surface area (Å²) in [6.45, 7) is 1.67. The van der Waals surface area contributed by atoms with E-state index in [1.165, 1.54) is 30.5 Å². The number of hydrogen-bond acceptors (Lipinski definition) is 7. The van der Waals surface area contributed by atoms with E-state index < -0.39 is 29.8 Å². The smallest absolute Gasteiger partial charge is 0.343 e. The van der Waals surface area contributed by atoms with Crippen LogP contribution in [0, 0.1) is 17.1 Å². The van der Waals surface area contributed by atoms with Crippen LogP contribution in [0.4, 0.5) is 20.7 Å². The van der Waals surface area contributed by atoms with Crippen LogP contribution in [0.25, 0.3) is 0 Å². The van der Waals surface area contributed by atoms with Crippen molar-refractivity contribution < 1.29 is 23.5 Å². The molecule has 38 heavy (non-hydrogen) atoms. The van der Waals surface area contributed by atoms with Crippen molar-refractivity contribution in [2.24, 2.45) is 0 Å². The highest BCUT2D eigenvalue weighted by atomic mass is 19.1. The molecule has 2 amide bonds. The van der Waals surface area contributed by atoms with Gasteiger partial charge < -0.3 is 15.0 Å². The number of nitrogens with one attached hydrogen (secondary N) is 2. The van der Waals surface area contributed by atoms with E-state index in [0.29, 0.717) is 12.0 Å². The number of amides is 2. The summed E-state index contributed by atoms with van der Waals surface area (Å²) in [4.78, 5) is 44.1. The normalized spacial score (nSPS) is 15.7. The zero-order chi connectivity index (χ0) is 27.4. The van der Waals surface area contributed by atoms with E-state index in [4.69, 9.17) is 10.00 Å². The minimum Gasteiger partial charge on any atom is -0.422 e.